The van der Waals surface area contributed by atoms with E-state index in [9.17, 15) is 4.79 Å². The normalized spacial score (nSPS) is 15.2. The maximum Gasteiger partial charge on any atom is 0.409 e. The van der Waals surface area contributed by atoms with Crippen molar-refractivity contribution in [1.82, 2.24) is 9.80 Å². The second-order valence-corrected chi connectivity index (χ2v) is 10.5. The van der Waals surface area contributed by atoms with Gasteiger partial charge in [0, 0.05) is 52.8 Å². The van der Waals surface area contributed by atoms with E-state index in [2.05, 4.69) is 80.8 Å². The Kier molecular flexibility index (Phi) is 7.18. The fourth-order valence-electron chi connectivity index (χ4n) is 5.25. The summed E-state index contributed by atoms with van der Waals surface area (Å²) in [4.78, 5) is 20.1. The molecule has 0 saturated carbocycles. The van der Waals surface area contributed by atoms with Gasteiger partial charge in [0.2, 0.25) is 0 Å². The average Bonchev–Trinajstić information content (AvgIpc) is 3.23. The molecule has 0 N–H and O–H groups in total. The zero-order valence-corrected chi connectivity index (χ0v) is 22.6. The van der Waals surface area contributed by atoms with Gasteiger partial charge in [-0.1, -0.05) is 53.6 Å². The summed E-state index contributed by atoms with van der Waals surface area (Å²) < 4.78 is 6.97. The topological polar surface area (TPSA) is 81.5 Å². The van der Waals surface area contributed by atoms with Crippen molar-refractivity contribution in [2.45, 2.75) is 26.3 Å². The summed E-state index contributed by atoms with van der Waals surface area (Å²) in [5, 5.41) is 3.87. The largest absolute Gasteiger partial charge is 0.448 e. The van der Waals surface area contributed by atoms with E-state index < -0.39 is 0 Å². The van der Waals surface area contributed by atoms with Crippen LogP contribution in [0, 0.1) is 17.4 Å². The number of piperazine rings is 1. The fraction of sp³-hybridized carbons (Fsp3) is 0.321. The number of halogens is 1. The molecule has 1 heterocycles. The minimum Gasteiger partial charge on any atom is -0.448 e. The molecule has 5 rings (SSSR count). The highest BCUT2D eigenvalue weighted by molar-refractivity contribution is 14.1. The Morgan fingerprint density at radius 1 is 1.03 bits per heavy atom. The van der Waals surface area contributed by atoms with Crippen LogP contribution in [0.2, 0.25) is 0 Å². The molecule has 3 aromatic rings. The molecule has 1 fully saturated rings. The lowest BCUT2D eigenvalue weighted by molar-refractivity contribution is 0.0728. The summed E-state index contributed by atoms with van der Waals surface area (Å²) in [6.07, 6.45) is -0.247. The number of hydrogen-bond acceptors (Lipinski definition) is 4. The molecule has 0 aromatic heterocycles. The lowest BCUT2D eigenvalue weighted by atomic mass is 9.98. The van der Waals surface area contributed by atoms with Gasteiger partial charge in [0.25, 0.3) is 0 Å². The number of amides is 1. The molecule has 36 heavy (non-hydrogen) atoms. The van der Waals surface area contributed by atoms with E-state index in [4.69, 9.17) is 10.3 Å². The highest BCUT2D eigenvalue weighted by Gasteiger charge is 2.30. The molecule has 8 heteroatoms. The maximum atomic E-state index is 12.9. The van der Waals surface area contributed by atoms with E-state index in [1.165, 1.54) is 27.8 Å². The number of ether oxygens (including phenoxy) is 1. The molecule has 1 amide bonds. The van der Waals surface area contributed by atoms with Crippen molar-refractivity contribution in [3.8, 4) is 11.1 Å². The van der Waals surface area contributed by atoms with Crippen molar-refractivity contribution >= 4 is 34.4 Å². The Bertz CT molecular complexity index is 1310. The van der Waals surface area contributed by atoms with Gasteiger partial charge in [-0.2, -0.15) is 0 Å². The van der Waals surface area contributed by atoms with E-state index in [-0.39, 0.29) is 12.0 Å². The number of carbonyl (C=O) groups excluding carboxylic acids is 1. The Labute approximate surface area is 224 Å². The summed E-state index contributed by atoms with van der Waals surface area (Å²) in [5.41, 5.74) is 17.9. The van der Waals surface area contributed by atoms with Gasteiger partial charge in [-0.15, -0.1) is 0 Å². The van der Waals surface area contributed by atoms with Crippen molar-refractivity contribution in [3.05, 3.63) is 96.4 Å². The molecule has 0 radical (unpaired) electrons. The van der Waals surface area contributed by atoms with Crippen LogP contribution in [0.1, 0.15) is 33.7 Å². The molecule has 1 aliphatic carbocycles. The van der Waals surface area contributed by atoms with Crippen LogP contribution in [0.3, 0.4) is 0 Å². The van der Waals surface area contributed by atoms with Crippen LogP contribution >= 0.6 is 22.6 Å². The minimum atomic E-state index is -0.247. The van der Waals surface area contributed by atoms with E-state index in [0.717, 1.165) is 34.3 Å². The molecule has 184 valence electrons. The molecule has 0 atom stereocenters. The first kappa shape index (κ1) is 24.6. The summed E-state index contributed by atoms with van der Waals surface area (Å²) in [6.45, 7) is 7.98. The van der Waals surface area contributed by atoms with Gasteiger partial charge in [0.1, 0.15) is 6.61 Å². The van der Waals surface area contributed by atoms with Crippen molar-refractivity contribution < 1.29 is 9.53 Å². The first-order valence-corrected chi connectivity index (χ1v) is 13.2. The molecule has 3 aromatic carbocycles. The second kappa shape index (κ2) is 10.5. The number of azide groups is 1. The molecule has 7 nitrogen and oxygen atoms in total. The van der Waals surface area contributed by atoms with Crippen LogP contribution in [0.15, 0.2) is 59.7 Å². The smallest absolute Gasteiger partial charge is 0.409 e. The van der Waals surface area contributed by atoms with E-state index in [0.29, 0.717) is 25.4 Å². The zero-order chi connectivity index (χ0) is 25.2. The Hall–Kier alpha value is -3.07. The summed E-state index contributed by atoms with van der Waals surface area (Å²) in [5.74, 6) is 0.0693. The molecular weight excluding hydrogens is 565 g/mol. The third-order valence-electron chi connectivity index (χ3n) is 7.35. The van der Waals surface area contributed by atoms with Crippen molar-refractivity contribution in [1.29, 1.82) is 0 Å². The van der Waals surface area contributed by atoms with Crippen molar-refractivity contribution in [2.24, 2.45) is 5.11 Å². The van der Waals surface area contributed by atoms with Crippen molar-refractivity contribution in [3.63, 3.8) is 0 Å². The first-order chi connectivity index (χ1) is 17.5. The molecular formula is C28H28IN5O2. The molecule has 1 saturated heterocycles. The average molecular weight is 593 g/mol. The van der Waals surface area contributed by atoms with Gasteiger partial charge in [-0.05, 0) is 87.0 Å². The Morgan fingerprint density at radius 3 is 2.25 bits per heavy atom. The van der Waals surface area contributed by atoms with Gasteiger partial charge in [-0.25, -0.2) is 4.79 Å². The third-order valence-corrected chi connectivity index (χ3v) is 8.97. The number of rotatable bonds is 5. The number of benzene rings is 3. The van der Waals surface area contributed by atoms with Gasteiger partial charge < -0.3 is 9.64 Å². The highest BCUT2D eigenvalue weighted by atomic mass is 127. The zero-order valence-electron chi connectivity index (χ0n) is 20.4. The fourth-order valence-corrected chi connectivity index (χ4v) is 5.87. The van der Waals surface area contributed by atoms with E-state index in [1.54, 1.807) is 4.90 Å². The highest BCUT2D eigenvalue weighted by Crippen LogP contribution is 2.44. The number of hydrogen-bond donors (Lipinski definition) is 0. The van der Waals surface area contributed by atoms with Gasteiger partial charge in [-0.3, -0.25) is 4.90 Å². The Morgan fingerprint density at radius 2 is 1.64 bits per heavy atom. The van der Waals surface area contributed by atoms with Crippen LogP contribution in [-0.4, -0.2) is 48.7 Å². The summed E-state index contributed by atoms with van der Waals surface area (Å²) >= 11 is 2.32. The van der Waals surface area contributed by atoms with E-state index >= 15 is 0 Å². The van der Waals surface area contributed by atoms with Crippen molar-refractivity contribution in [2.75, 3.05) is 32.8 Å². The quantitative estimate of drug-likeness (QED) is 0.140. The molecule has 0 spiro atoms. The maximum absolute atomic E-state index is 12.9. The van der Waals surface area contributed by atoms with Crippen LogP contribution in [0.25, 0.3) is 21.6 Å². The number of nitrogens with zero attached hydrogens (tertiary/aromatic N) is 5. The lowest BCUT2D eigenvalue weighted by Crippen LogP contribution is -2.48. The first-order valence-electron chi connectivity index (χ1n) is 12.1. The van der Waals surface area contributed by atoms with Crippen LogP contribution in [-0.2, 0) is 11.3 Å². The van der Waals surface area contributed by atoms with Crippen LogP contribution in [0.5, 0.6) is 0 Å². The minimum absolute atomic E-state index is 0.0693. The number of carbonyl (C=O) groups is 1. The molecule has 0 bridgehead atoms. The SMILES string of the molecule is Cc1c(CN2CCN(C(=O)OCC3c4ccccc4-c4ccccc43)CC2)cc(N=[N+]=[N-])c(C)c1I. The summed E-state index contributed by atoms with van der Waals surface area (Å²) in [6, 6.07) is 18.7. The monoisotopic (exact) mass is 593 g/mol. The van der Waals surface area contributed by atoms with E-state index in [1.807, 2.05) is 25.1 Å². The predicted octanol–water partition coefficient (Wildman–Crippen LogP) is 6.92. The van der Waals surface area contributed by atoms with Gasteiger partial charge in [0.15, 0.2) is 0 Å². The molecule has 2 aliphatic rings. The van der Waals surface area contributed by atoms with Gasteiger partial charge >= 0.3 is 6.09 Å². The lowest BCUT2D eigenvalue weighted by Gasteiger charge is -2.34. The summed E-state index contributed by atoms with van der Waals surface area (Å²) in [7, 11) is 0. The second-order valence-electron chi connectivity index (χ2n) is 9.38. The van der Waals surface area contributed by atoms with Gasteiger partial charge in [0.05, 0.1) is 0 Å². The Balaban J connectivity index is 1.19. The standard InChI is InChI=1S/C28H28IN5O2/c1-18-20(15-26(31-32-30)19(2)27(18)29)16-33-11-13-34(14-12-33)28(35)36-17-25-23-9-5-3-7-21(23)22-8-4-6-10-24(22)25/h3-10,15,25H,11-14,16-17H2,1-2H3. The van der Waals surface area contributed by atoms with Crippen LogP contribution < -0.4 is 0 Å². The third kappa shape index (κ3) is 4.68. The predicted molar refractivity (Wildman–Crippen MR) is 149 cm³/mol. The number of fused-ring (bicyclic) bond motifs is 3. The van der Waals surface area contributed by atoms with Crippen LogP contribution in [0.4, 0.5) is 10.5 Å². The molecule has 1 aliphatic heterocycles. The molecule has 0 unspecified atom stereocenters.